The summed E-state index contributed by atoms with van der Waals surface area (Å²) in [5, 5.41) is 9.61. The molecule has 1 atom stereocenters. The third-order valence-corrected chi connectivity index (χ3v) is 2.69. The van der Waals surface area contributed by atoms with Crippen LogP contribution in [0.3, 0.4) is 0 Å². The minimum absolute atomic E-state index is 0.265. The second-order valence-corrected chi connectivity index (χ2v) is 4.05. The lowest BCUT2D eigenvalue weighted by molar-refractivity contribution is 0.154. The Balaban J connectivity index is 2.21. The molecular formula is C10H17N5O. The van der Waals surface area contributed by atoms with Crippen molar-refractivity contribution in [1.29, 1.82) is 0 Å². The van der Waals surface area contributed by atoms with Crippen molar-refractivity contribution in [2.75, 3.05) is 23.4 Å². The van der Waals surface area contributed by atoms with Gasteiger partial charge in [0, 0.05) is 19.2 Å². The molecule has 1 fully saturated rings. The highest BCUT2D eigenvalue weighted by Crippen LogP contribution is 2.20. The van der Waals surface area contributed by atoms with Gasteiger partial charge in [0.1, 0.15) is 17.5 Å². The molecule has 6 nitrogen and oxygen atoms in total. The Kier molecular flexibility index (Phi) is 3.21. The summed E-state index contributed by atoms with van der Waals surface area (Å²) >= 11 is 0. The van der Waals surface area contributed by atoms with Gasteiger partial charge in [-0.2, -0.15) is 0 Å². The minimum atomic E-state index is -0.265. The number of piperidine rings is 1. The minimum Gasteiger partial charge on any atom is -0.391 e. The van der Waals surface area contributed by atoms with Crippen molar-refractivity contribution >= 4 is 11.6 Å². The number of hydrogen-bond acceptors (Lipinski definition) is 6. The monoisotopic (exact) mass is 223 g/mol. The molecule has 6 heteroatoms. The molecule has 0 aliphatic carbocycles. The van der Waals surface area contributed by atoms with E-state index in [-0.39, 0.29) is 6.10 Å². The Hall–Kier alpha value is -1.40. The number of β-amino-alcohol motifs (C(OH)–C–C–N with tert-alkyl or cyclic N) is 1. The Labute approximate surface area is 94.5 Å². The molecule has 0 spiro atoms. The van der Waals surface area contributed by atoms with Crippen LogP contribution in [0.2, 0.25) is 0 Å². The van der Waals surface area contributed by atoms with Gasteiger partial charge in [-0.1, -0.05) is 0 Å². The summed E-state index contributed by atoms with van der Waals surface area (Å²) in [7, 11) is 0. The number of aliphatic hydroxyl groups is 1. The number of nitrogens with two attached hydrogens (primary N) is 1. The fourth-order valence-electron chi connectivity index (χ4n) is 1.95. The number of anilines is 2. The van der Waals surface area contributed by atoms with Crippen LogP contribution in [0.1, 0.15) is 18.7 Å². The van der Waals surface area contributed by atoms with Crippen molar-refractivity contribution in [3.63, 3.8) is 0 Å². The van der Waals surface area contributed by atoms with Gasteiger partial charge >= 0.3 is 0 Å². The Morgan fingerprint density at radius 1 is 1.56 bits per heavy atom. The molecule has 1 unspecified atom stereocenters. The standard InChI is InChI=1S/C10H17N5O/c1-7-12-9(14-11)5-10(13-7)15-4-2-3-8(16)6-15/h5,8,16H,2-4,6,11H2,1H3,(H,12,13,14). The maximum absolute atomic E-state index is 9.61. The fourth-order valence-corrected chi connectivity index (χ4v) is 1.95. The van der Waals surface area contributed by atoms with E-state index in [1.54, 1.807) is 6.07 Å². The first-order chi connectivity index (χ1) is 7.69. The summed E-state index contributed by atoms with van der Waals surface area (Å²) < 4.78 is 0. The molecule has 1 aliphatic heterocycles. The summed E-state index contributed by atoms with van der Waals surface area (Å²) in [6, 6.07) is 1.80. The molecule has 16 heavy (non-hydrogen) atoms. The van der Waals surface area contributed by atoms with E-state index in [4.69, 9.17) is 5.84 Å². The highest BCUT2D eigenvalue weighted by molar-refractivity contribution is 5.49. The van der Waals surface area contributed by atoms with Gasteiger partial charge in [-0.05, 0) is 19.8 Å². The molecule has 2 heterocycles. The molecule has 0 radical (unpaired) electrons. The lowest BCUT2D eigenvalue weighted by atomic mass is 10.1. The van der Waals surface area contributed by atoms with Crippen LogP contribution in [0.15, 0.2) is 6.07 Å². The maximum atomic E-state index is 9.61. The van der Waals surface area contributed by atoms with Gasteiger partial charge in [0.2, 0.25) is 0 Å². The molecular weight excluding hydrogens is 206 g/mol. The van der Waals surface area contributed by atoms with E-state index < -0.39 is 0 Å². The Bertz CT molecular complexity index is 370. The van der Waals surface area contributed by atoms with Crippen LogP contribution in [0.4, 0.5) is 11.6 Å². The highest BCUT2D eigenvalue weighted by atomic mass is 16.3. The van der Waals surface area contributed by atoms with E-state index in [1.807, 2.05) is 6.92 Å². The van der Waals surface area contributed by atoms with Crippen molar-refractivity contribution < 1.29 is 5.11 Å². The first-order valence-corrected chi connectivity index (χ1v) is 5.44. The molecule has 1 saturated heterocycles. The zero-order chi connectivity index (χ0) is 11.5. The number of aliphatic hydroxyl groups excluding tert-OH is 1. The van der Waals surface area contributed by atoms with E-state index in [2.05, 4.69) is 20.3 Å². The van der Waals surface area contributed by atoms with Gasteiger partial charge in [-0.15, -0.1) is 0 Å². The average Bonchev–Trinajstić information content (AvgIpc) is 2.28. The quantitative estimate of drug-likeness (QED) is 0.484. The molecule has 88 valence electrons. The molecule has 4 N–H and O–H groups in total. The average molecular weight is 223 g/mol. The lowest BCUT2D eigenvalue weighted by Crippen LogP contribution is -2.38. The van der Waals surface area contributed by atoms with Gasteiger partial charge in [0.15, 0.2) is 0 Å². The first-order valence-electron chi connectivity index (χ1n) is 5.44. The molecule has 0 amide bonds. The van der Waals surface area contributed by atoms with E-state index in [0.717, 1.165) is 25.2 Å². The van der Waals surface area contributed by atoms with Gasteiger partial charge in [0.05, 0.1) is 6.10 Å². The topological polar surface area (TPSA) is 87.3 Å². The zero-order valence-electron chi connectivity index (χ0n) is 9.35. The summed E-state index contributed by atoms with van der Waals surface area (Å²) in [6.45, 7) is 3.36. The first kappa shape index (κ1) is 11.1. The zero-order valence-corrected chi connectivity index (χ0v) is 9.35. The summed E-state index contributed by atoms with van der Waals surface area (Å²) in [5.41, 5.74) is 2.52. The Morgan fingerprint density at radius 3 is 3.06 bits per heavy atom. The van der Waals surface area contributed by atoms with Gasteiger partial charge in [-0.3, -0.25) is 0 Å². The van der Waals surface area contributed by atoms with E-state index in [1.165, 1.54) is 0 Å². The molecule has 1 aromatic heterocycles. The highest BCUT2D eigenvalue weighted by Gasteiger charge is 2.19. The summed E-state index contributed by atoms with van der Waals surface area (Å²) in [6.07, 6.45) is 1.58. The summed E-state index contributed by atoms with van der Waals surface area (Å²) in [4.78, 5) is 10.5. The predicted octanol–water partition coefficient (Wildman–Crippen LogP) is 0.0317. The van der Waals surface area contributed by atoms with Gasteiger partial charge in [-0.25, -0.2) is 15.8 Å². The molecule has 0 saturated carbocycles. The van der Waals surface area contributed by atoms with Crippen LogP contribution in [0.5, 0.6) is 0 Å². The van der Waals surface area contributed by atoms with E-state index >= 15 is 0 Å². The lowest BCUT2D eigenvalue weighted by Gasteiger charge is -2.31. The number of hydrogen-bond donors (Lipinski definition) is 3. The number of aryl methyl sites for hydroxylation is 1. The number of nitrogens with one attached hydrogen (secondary N) is 1. The van der Waals surface area contributed by atoms with E-state index in [9.17, 15) is 5.11 Å². The van der Waals surface area contributed by atoms with Crippen LogP contribution < -0.4 is 16.2 Å². The van der Waals surface area contributed by atoms with E-state index in [0.29, 0.717) is 18.2 Å². The van der Waals surface area contributed by atoms with Crippen LogP contribution in [0, 0.1) is 6.92 Å². The summed E-state index contributed by atoms with van der Waals surface area (Å²) in [5.74, 6) is 7.43. The van der Waals surface area contributed by atoms with Crippen molar-refractivity contribution in [3.8, 4) is 0 Å². The smallest absolute Gasteiger partial charge is 0.145 e. The van der Waals surface area contributed by atoms with Crippen molar-refractivity contribution in [3.05, 3.63) is 11.9 Å². The molecule has 1 aliphatic rings. The SMILES string of the molecule is Cc1nc(NN)cc(N2CCCC(O)C2)n1. The van der Waals surface area contributed by atoms with Crippen LogP contribution in [0.25, 0.3) is 0 Å². The van der Waals surface area contributed by atoms with Crippen LogP contribution in [-0.4, -0.2) is 34.3 Å². The third kappa shape index (κ3) is 2.40. The number of rotatable bonds is 2. The van der Waals surface area contributed by atoms with Gasteiger partial charge < -0.3 is 15.4 Å². The third-order valence-electron chi connectivity index (χ3n) is 2.69. The predicted molar refractivity (Wildman–Crippen MR) is 62.0 cm³/mol. The molecule has 0 aromatic carbocycles. The fraction of sp³-hybridized carbons (Fsp3) is 0.600. The molecule has 2 rings (SSSR count). The van der Waals surface area contributed by atoms with Crippen LogP contribution in [-0.2, 0) is 0 Å². The number of hydrazine groups is 1. The number of aromatic nitrogens is 2. The van der Waals surface area contributed by atoms with Crippen molar-refractivity contribution in [2.45, 2.75) is 25.9 Å². The molecule has 0 bridgehead atoms. The Morgan fingerprint density at radius 2 is 2.38 bits per heavy atom. The largest absolute Gasteiger partial charge is 0.391 e. The molecule has 1 aromatic rings. The second-order valence-electron chi connectivity index (χ2n) is 4.05. The number of nitrogens with zero attached hydrogens (tertiary/aromatic N) is 3. The van der Waals surface area contributed by atoms with Crippen molar-refractivity contribution in [2.24, 2.45) is 5.84 Å². The van der Waals surface area contributed by atoms with Crippen molar-refractivity contribution in [1.82, 2.24) is 9.97 Å². The van der Waals surface area contributed by atoms with Gasteiger partial charge in [0.25, 0.3) is 0 Å². The normalized spacial score (nSPS) is 20.9. The number of nitrogen functional groups attached to an aromatic ring is 1. The van der Waals surface area contributed by atoms with Crippen LogP contribution >= 0.6 is 0 Å². The second kappa shape index (κ2) is 4.63. The maximum Gasteiger partial charge on any atom is 0.145 e.